The van der Waals surface area contributed by atoms with Crippen molar-refractivity contribution in [3.8, 4) is 5.69 Å². The Hall–Kier alpha value is -3.91. The van der Waals surface area contributed by atoms with Gasteiger partial charge in [0.05, 0.1) is 10.6 Å². The summed E-state index contributed by atoms with van der Waals surface area (Å²) in [6.45, 7) is 3.60. The lowest BCUT2D eigenvalue weighted by Crippen LogP contribution is -2.15. The third-order valence-corrected chi connectivity index (χ3v) is 6.43. The summed E-state index contributed by atoms with van der Waals surface area (Å²) in [6.07, 6.45) is 3.50. The summed E-state index contributed by atoms with van der Waals surface area (Å²) in [7, 11) is -3.73. The van der Waals surface area contributed by atoms with Crippen LogP contribution in [0.3, 0.4) is 0 Å². The van der Waals surface area contributed by atoms with Gasteiger partial charge in [0.1, 0.15) is 0 Å². The van der Waals surface area contributed by atoms with E-state index in [0.717, 1.165) is 11.3 Å². The van der Waals surface area contributed by atoms with E-state index in [1.807, 2.05) is 43.5 Å². The Bertz CT molecular complexity index is 1360. The Morgan fingerprint density at radius 3 is 2.41 bits per heavy atom. The lowest BCUT2D eigenvalue weighted by molar-refractivity contribution is 0.102. The van der Waals surface area contributed by atoms with Crippen molar-refractivity contribution >= 4 is 27.3 Å². The second kappa shape index (κ2) is 8.68. The third kappa shape index (κ3) is 4.70. The summed E-state index contributed by atoms with van der Waals surface area (Å²) in [6, 6.07) is 20.7. The van der Waals surface area contributed by atoms with Crippen LogP contribution in [0.15, 0.2) is 90.1 Å². The quantitative estimate of drug-likeness (QED) is 0.455. The Balaban J connectivity index is 1.47. The molecule has 2 N–H and O–H groups in total. The highest BCUT2D eigenvalue weighted by molar-refractivity contribution is 7.92. The molecule has 162 valence electrons. The van der Waals surface area contributed by atoms with E-state index in [-0.39, 0.29) is 10.8 Å². The summed E-state index contributed by atoms with van der Waals surface area (Å²) in [5.74, 6) is -0.299. The van der Waals surface area contributed by atoms with Crippen molar-refractivity contribution in [1.29, 1.82) is 0 Å². The van der Waals surface area contributed by atoms with Gasteiger partial charge in [-0.2, -0.15) is 5.10 Å². The number of sulfonamides is 1. The van der Waals surface area contributed by atoms with Crippen LogP contribution < -0.4 is 10.0 Å². The van der Waals surface area contributed by atoms with Crippen LogP contribution in [-0.2, 0) is 10.0 Å². The third-order valence-electron chi connectivity index (χ3n) is 4.91. The summed E-state index contributed by atoms with van der Waals surface area (Å²) < 4.78 is 29.8. The van der Waals surface area contributed by atoms with Gasteiger partial charge in [-0.05, 0) is 79.6 Å². The number of carbonyl (C=O) groups is 1. The molecular weight excluding hydrogens is 424 g/mol. The van der Waals surface area contributed by atoms with Gasteiger partial charge in [0.25, 0.3) is 15.9 Å². The van der Waals surface area contributed by atoms with Gasteiger partial charge >= 0.3 is 0 Å². The molecule has 0 atom stereocenters. The second-order valence-electron chi connectivity index (χ2n) is 7.41. The summed E-state index contributed by atoms with van der Waals surface area (Å²) in [4.78, 5) is 12.9. The zero-order valence-electron chi connectivity index (χ0n) is 17.6. The molecule has 0 saturated carbocycles. The summed E-state index contributed by atoms with van der Waals surface area (Å²) >= 11 is 0. The first kappa shape index (κ1) is 21.3. The Labute approximate surface area is 186 Å². The second-order valence-corrected chi connectivity index (χ2v) is 9.06. The van der Waals surface area contributed by atoms with Crippen LogP contribution in [-0.4, -0.2) is 24.1 Å². The molecule has 1 aromatic heterocycles. The molecule has 8 heteroatoms. The van der Waals surface area contributed by atoms with E-state index in [9.17, 15) is 13.2 Å². The lowest BCUT2D eigenvalue weighted by atomic mass is 10.2. The minimum absolute atomic E-state index is 0.233. The number of nitrogens with zero attached hydrogens (tertiary/aromatic N) is 2. The molecule has 0 radical (unpaired) electrons. The van der Waals surface area contributed by atoms with Crippen LogP contribution in [0.2, 0.25) is 0 Å². The standard InChI is InChI=1S/C24H22N4O3S/c1-17-7-8-18(2)23(15-17)32(30,31)27-20-11-9-19(10-12-20)24(29)26-21-5-3-6-22(16-21)28-14-4-13-25-28/h3-16,27H,1-2H3,(H,26,29). The molecule has 0 unspecified atom stereocenters. The molecular formula is C24H22N4O3S. The highest BCUT2D eigenvalue weighted by atomic mass is 32.2. The maximum absolute atomic E-state index is 12.8. The summed E-state index contributed by atoms with van der Waals surface area (Å²) in [5, 5.41) is 7.03. The number of aryl methyl sites for hydroxylation is 2. The van der Waals surface area contributed by atoms with Gasteiger partial charge in [-0.3, -0.25) is 9.52 Å². The zero-order valence-corrected chi connectivity index (χ0v) is 18.4. The first-order valence-electron chi connectivity index (χ1n) is 9.93. The highest BCUT2D eigenvalue weighted by Crippen LogP contribution is 2.21. The van der Waals surface area contributed by atoms with Gasteiger partial charge in [0.2, 0.25) is 0 Å². The molecule has 0 saturated heterocycles. The fourth-order valence-electron chi connectivity index (χ4n) is 3.25. The van der Waals surface area contributed by atoms with E-state index < -0.39 is 10.0 Å². The Morgan fingerprint density at radius 2 is 1.69 bits per heavy atom. The number of amides is 1. The van der Waals surface area contributed by atoms with Crippen molar-refractivity contribution in [2.45, 2.75) is 18.7 Å². The van der Waals surface area contributed by atoms with Crippen molar-refractivity contribution in [3.63, 3.8) is 0 Å². The van der Waals surface area contributed by atoms with Gasteiger partial charge in [-0.25, -0.2) is 13.1 Å². The number of rotatable bonds is 6. The molecule has 0 fully saturated rings. The van der Waals surface area contributed by atoms with Crippen molar-refractivity contribution in [1.82, 2.24) is 9.78 Å². The van der Waals surface area contributed by atoms with Gasteiger partial charge in [0, 0.05) is 29.3 Å². The highest BCUT2D eigenvalue weighted by Gasteiger charge is 2.17. The van der Waals surface area contributed by atoms with Crippen LogP contribution >= 0.6 is 0 Å². The fourth-order valence-corrected chi connectivity index (χ4v) is 4.64. The van der Waals surface area contributed by atoms with Gasteiger partial charge in [-0.15, -0.1) is 0 Å². The smallest absolute Gasteiger partial charge is 0.262 e. The molecule has 0 spiro atoms. The molecule has 4 rings (SSSR count). The number of carbonyl (C=O) groups excluding carboxylic acids is 1. The maximum atomic E-state index is 12.8. The molecule has 32 heavy (non-hydrogen) atoms. The predicted molar refractivity (Wildman–Crippen MR) is 125 cm³/mol. The average molecular weight is 447 g/mol. The monoisotopic (exact) mass is 446 g/mol. The van der Waals surface area contributed by atoms with E-state index in [1.54, 1.807) is 60.3 Å². The van der Waals surface area contributed by atoms with E-state index in [1.165, 1.54) is 0 Å². The lowest BCUT2D eigenvalue weighted by Gasteiger charge is -2.12. The molecule has 1 amide bonds. The molecule has 0 aliphatic heterocycles. The predicted octanol–water partition coefficient (Wildman–Crippen LogP) is 4.54. The van der Waals surface area contributed by atoms with Crippen molar-refractivity contribution in [2.24, 2.45) is 0 Å². The fraction of sp³-hybridized carbons (Fsp3) is 0.0833. The van der Waals surface area contributed by atoms with Crippen LogP contribution in [0.25, 0.3) is 5.69 Å². The minimum Gasteiger partial charge on any atom is -0.322 e. The van der Waals surface area contributed by atoms with Crippen LogP contribution in [0.4, 0.5) is 11.4 Å². The molecule has 4 aromatic rings. The topological polar surface area (TPSA) is 93.1 Å². The van der Waals surface area contributed by atoms with E-state index in [4.69, 9.17) is 0 Å². The number of hydrogen-bond acceptors (Lipinski definition) is 4. The average Bonchev–Trinajstić information content (AvgIpc) is 3.31. The van der Waals surface area contributed by atoms with Gasteiger partial charge in [0.15, 0.2) is 0 Å². The van der Waals surface area contributed by atoms with Gasteiger partial charge in [-0.1, -0.05) is 18.2 Å². The van der Waals surface area contributed by atoms with Crippen molar-refractivity contribution in [2.75, 3.05) is 10.0 Å². The molecule has 0 aliphatic carbocycles. The van der Waals surface area contributed by atoms with Crippen molar-refractivity contribution in [3.05, 3.63) is 102 Å². The van der Waals surface area contributed by atoms with E-state index >= 15 is 0 Å². The minimum atomic E-state index is -3.73. The number of benzene rings is 3. The molecule has 7 nitrogen and oxygen atoms in total. The number of hydrogen-bond donors (Lipinski definition) is 2. The zero-order chi connectivity index (χ0) is 22.7. The normalized spacial score (nSPS) is 11.2. The Morgan fingerprint density at radius 1 is 0.906 bits per heavy atom. The SMILES string of the molecule is Cc1ccc(C)c(S(=O)(=O)Nc2ccc(C(=O)Nc3cccc(-n4cccn4)c3)cc2)c1. The van der Waals surface area contributed by atoms with Crippen LogP contribution in [0, 0.1) is 13.8 Å². The Kier molecular flexibility index (Phi) is 5.79. The number of nitrogens with one attached hydrogen (secondary N) is 2. The molecule has 1 heterocycles. The van der Waals surface area contributed by atoms with E-state index in [2.05, 4.69) is 15.1 Å². The van der Waals surface area contributed by atoms with Crippen molar-refractivity contribution < 1.29 is 13.2 Å². The summed E-state index contributed by atoms with van der Waals surface area (Å²) in [5.41, 5.74) is 3.76. The van der Waals surface area contributed by atoms with Crippen LogP contribution in [0.1, 0.15) is 21.5 Å². The first-order chi connectivity index (χ1) is 15.3. The molecule has 3 aromatic carbocycles. The van der Waals surface area contributed by atoms with Gasteiger partial charge < -0.3 is 5.32 Å². The molecule has 0 bridgehead atoms. The van der Waals surface area contributed by atoms with Crippen LogP contribution in [0.5, 0.6) is 0 Å². The number of anilines is 2. The largest absolute Gasteiger partial charge is 0.322 e. The first-order valence-corrected chi connectivity index (χ1v) is 11.4. The maximum Gasteiger partial charge on any atom is 0.262 e. The molecule has 0 aliphatic rings. The van der Waals surface area contributed by atoms with E-state index in [0.29, 0.717) is 22.5 Å². The number of aromatic nitrogens is 2.